The molecule has 0 aliphatic carbocycles. The van der Waals surface area contributed by atoms with Crippen molar-refractivity contribution in [2.45, 2.75) is 32.7 Å². The number of carbonyl (C=O) groups is 1. The summed E-state index contributed by atoms with van der Waals surface area (Å²) >= 11 is 0. The van der Waals surface area contributed by atoms with Crippen molar-refractivity contribution in [1.29, 1.82) is 5.26 Å². The minimum atomic E-state index is -0.343. The summed E-state index contributed by atoms with van der Waals surface area (Å²) in [4.78, 5) is 16.3. The monoisotopic (exact) mass is 365 g/mol. The highest BCUT2D eigenvalue weighted by Crippen LogP contribution is 2.21. The zero-order valence-electron chi connectivity index (χ0n) is 15.8. The van der Waals surface area contributed by atoms with E-state index in [1.165, 1.54) is 5.56 Å². The van der Waals surface area contributed by atoms with Gasteiger partial charge in [-0.05, 0) is 42.7 Å². The van der Waals surface area contributed by atoms with Crippen LogP contribution in [0.3, 0.4) is 0 Å². The van der Waals surface area contributed by atoms with Crippen molar-refractivity contribution in [2.75, 3.05) is 24.5 Å². The first kappa shape index (κ1) is 18.6. The first-order valence-electron chi connectivity index (χ1n) is 9.05. The highest BCUT2D eigenvalue weighted by atomic mass is 16.6. The lowest BCUT2D eigenvalue weighted by atomic mass is 10.0. The molecule has 1 aliphatic heterocycles. The standard InChI is InChI=1S/C20H23N5O2/c1-14(2)16-4-7-18(8-5-16)27-20(26)24-10-11-25(15(3)13-24)19-9-6-17(12-21)22-23-19/h4-9,14-15H,10-11,13H2,1-3H3/t15-/m1/s1. The molecule has 7 nitrogen and oxygen atoms in total. The molecular formula is C20H23N5O2. The van der Waals surface area contributed by atoms with E-state index in [4.69, 9.17) is 10.00 Å². The molecule has 0 N–H and O–H groups in total. The molecule has 7 heteroatoms. The Labute approximate surface area is 159 Å². The van der Waals surface area contributed by atoms with E-state index in [1.807, 2.05) is 37.3 Å². The summed E-state index contributed by atoms with van der Waals surface area (Å²) in [6.45, 7) is 7.97. The lowest BCUT2D eigenvalue weighted by molar-refractivity contribution is 0.142. The number of hydrogen-bond acceptors (Lipinski definition) is 6. The van der Waals surface area contributed by atoms with Crippen LogP contribution in [0, 0.1) is 11.3 Å². The molecule has 1 aromatic heterocycles. The summed E-state index contributed by atoms with van der Waals surface area (Å²) in [5.74, 6) is 1.70. The van der Waals surface area contributed by atoms with E-state index in [0.29, 0.717) is 37.1 Å². The minimum absolute atomic E-state index is 0.0665. The number of nitrogens with zero attached hydrogens (tertiary/aromatic N) is 5. The van der Waals surface area contributed by atoms with Crippen LogP contribution in [0.5, 0.6) is 5.75 Å². The lowest BCUT2D eigenvalue weighted by Gasteiger charge is -2.39. The van der Waals surface area contributed by atoms with Gasteiger partial charge in [0.15, 0.2) is 11.5 Å². The summed E-state index contributed by atoms with van der Waals surface area (Å²) in [6, 6.07) is 13.1. The predicted molar refractivity (Wildman–Crippen MR) is 102 cm³/mol. The van der Waals surface area contributed by atoms with Crippen molar-refractivity contribution in [2.24, 2.45) is 0 Å². The fourth-order valence-electron chi connectivity index (χ4n) is 3.09. The number of ether oxygens (including phenoxy) is 1. The van der Waals surface area contributed by atoms with E-state index >= 15 is 0 Å². The van der Waals surface area contributed by atoms with E-state index in [1.54, 1.807) is 17.0 Å². The Hall–Kier alpha value is -3.14. The van der Waals surface area contributed by atoms with Crippen molar-refractivity contribution in [3.63, 3.8) is 0 Å². The average molecular weight is 365 g/mol. The van der Waals surface area contributed by atoms with Crippen molar-refractivity contribution in [1.82, 2.24) is 15.1 Å². The van der Waals surface area contributed by atoms with Crippen LogP contribution in [0.15, 0.2) is 36.4 Å². The average Bonchev–Trinajstić information content (AvgIpc) is 2.68. The van der Waals surface area contributed by atoms with Crippen LogP contribution in [0.4, 0.5) is 10.6 Å². The molecule has 3 rings (SSSR count). The van der Waals surface area contributed by atoms with Gasteiger partial charge in [0.05, 0.1) is 0 Å². The molecule has 1 amide bonds. The molecule has 1 saturated heterocycles. The number of carbonyl (C=O) groups excluding carboxylic acids is 1. The second-order valence-electron chi connectivity index (χ2n) is 6.97. The van der Waals surface area contributed by atoms with Gasteiger partial charge in [0.2, 0.25) is 0 Å². The lowest BCUT2D eigenvalue weighted by Crippen LogP contribution is -2.54. The fourth-order valence-corrected chi connectivity index (χ4v) is 3.09. The summed E-state index contributed by atoms with van der Waals surface area (Å²) in [5.41, 5.74) is 1.50. The second-order valence-corrected chi connectivity index (χ2v) is 6.97. The van der Waals surface area contributed by atoms with Crippen LogP contribution in [-0.4, -0.2) is 46.9 Å². The van der Waals surface area contributed by atoms with Gasteiger partial charge in [-0.3, -0.25) is 0 Å². The second kappa shape index (κ2) is 8.04. The van der Waals surface area contributed by atoms with Gasteiger partial charge in [-0.25, -0.2) is 4.79 Å². The van der Waals surface area contributed by atoms with Crippen LogP contribution < -0.4 is 9.64 Å². The van der Waals surface area contributed by atoms with Crippen LogP contribution in [0.1, 0.15) is 37.9 Å². The molecule has 140 valence electrons. The molecule has 0 unspecified atom stereocenters. The molecule has 2 heterocycles. The number of nitriles is 1. The fraction of sp³-hybridized carbons (Fsp3) is 0.400. The maximum Gasteiger partial charge on any atom is 0.415 e. The normalized spacial score (nSPS) is 16.9. The molecule has 27 heavy (non-hydrogen) atoms. The van der Waals surface area contributed by atoms with Crippen LogP contribution in [0.25, 0.3) is 0 Å². The van der Waals surface area contributed by atoms with E-state index in [0.717, 1.165) is 0 Å². The van der Waals surface area contributed by atoms with Gasteiger partial charge in [0.1, 0.15) is 11.8 Å². The highest BCUT2D eigenvalue weighted by molar-refractivity contribution is 5.71. The van der Waals surface area contributed by atoms with Gasteiger partial charge in [-0.15, -0.1) is 10.2 Å². The van der Waals surface area contributed by atoms with Gasteiger partial charge in [-0.2, -0.15) is 5.26 Å². The van der Waals surface area contributed by atoms with E-state index in [2.05, 4.69) is 28.9 Å². The Morgan fingerprint density at radius 1 is 1.19 bits per heavy atom. The number of piperazine rings is 1. The molecule has 1 aromatic carbocycles. The molecule has 0 saturated carbocycles. The van der Waals surface area contributed by atoms with Crippen molar-refractivity contribution >= 4 is 11.9 Å². The third kappa shape index (κ3) is 4.34. The number of rotatable bonds is 3. The van der Waals surface area contributed by atoms with Crippen LogP contribution in [-0.2, 0) is 0 Å². The molecular weight excluding hydrogens is 342 g/mol. The SMILES string of the molecule is CC(C)c1ccc(OC(=O)N2CCN(c3ccc(C#N)nn3)[C@H](C)C2)cc1. The Morgan fingerprint density at radius 2 is 1.93 bits per heavy atom. The molecule has 1 fully saturated rings. The number of amides is 1. The Bertz CT molecular complexity index is 827. The number of aromatic nitrogens is 2. The maximum absolute atomic E-state index is 12.5. The summed E-state index contributed by atoms with van der Waals surface area (Å²) < 4.78 is 5.51. The number of hydrogen-bond donors (Lipinski definition) is 0. The van der Waals surface area contributed by atoms with E-state index < -0.39 is 0 Å². The summed E-state index contributed by atoms with van der Waals surface area (Å²) in [7, 11) is 0. The van der Waals surface area contributed by atoms with Crippen molar-refractivity contribution in [3.8, 4) is 11.8 Å². The van der Waals surface area contributed by atoms with Crippen LogP contribution in [0.2, 0.25) is 0 Å². The Kier molecular flexibility index (Phi) is 5.55. The molecule has 2 aromatic rings. The third-order valence-electron chi connectivity index (χ3n) is 4.70. The smallest absolute Gasteiger partial charge is 0.410 e. The van der Waals surface area contributed by atoms with Crippen molar-refractivity contribution in [3.05, 3.63) is 47.7 Å². The van der Waals surface area contributed by atoms with Gasteiger partial charge in [-0.1, -0.05) is 26.0 Å². The summed E-state index contributed by atoms with van der Waals surface area (Å²) in [6.07, 6.45) is -0.343. The minimum Gasteiger partial charge on any atom is -0.410 e. The first-order chi connectivity index (χ1) is 13.0. The number of anilines is 1. The Morgan fingerprint density at radius 3 is 2.48 bits per heavy atom. The van der Waals surface area contributed by atoms with Gasteiger partial charge in [0.25, 0.3) is 0 Å². The Balaban J connectivity index is 1.59. The maximum atomic E-state index is 12.5. The van der Waals surface area contributed by atoms with Gasteiger partial charge < -0.3 is 14.5 Å². The topological polar surface area (TPSA) is 82.4 Å². The third-order valence-corrected chi connectivity index (χ3v) is 4.70. The zero-order chi connectivity index (χ0) is 19.4. The molecule has 0 bridgehead atoms. The molecule has 0 radical (unpaired) electrons. The quantitative estimate of drug-likeness (QED) is 0.831. The molecule has 1 atom stereocenters. The summed E-state index contributed by atoms with van der Waals surface area (Å²) in [5, 5.41) is 16.8. The predicted octanol–water partition coefficient (Wildman–Crippen LogP) is 3.18. The van der Waals surface area contributed by atoms with Gasteiger partial charge in [0, 0.05) is 25.7 Å². The van der Waals surface area contributed by atoms with E-state index in [-0.39, 0.29) is 17.8 Å². The highest BCUT2D eigenvalue weighted by Gasteiger charge is 2.28. The van der Waals surface area contributed by atoms with Crippen LogP contribution >= 0.6 is 0 Å². The molecule has 0 spiro atoms. The zero-order valence-corrected chi connectivity index (χ0v) is 15.8. The van der Waals surface area contributed by atoms with E-state index in [9.17, 15) is 4.79 Å². The first-order valence-corrected chi connectivity index (χ1v) is 9.05. The van der Waals surface area contributed by atoms with Crippen molar-refractivity contribution < 1.29 is 9.53 Å². The largest absolute Gasteiger partial charge is 0.415 e. The van der Waals surface area contributed by atoms with Gasteiger partial charge >= 0.3 is 6.09 Å². The molecule has 1 aliphatic rings. The number of benzene rings is 1.